The van der Waals surface area contributed by atoms with E-state index in [1.807, 2.05) is 30.3 Å². The lowest BCUT2D eigenvalue weighted by Crippen LogP contribution is -1.95. The van der Waals surface area contributed by atoms with E-state index in [1.54, 1.807) is 19.1 Å². The molecule has 0 amide bonds. The van der Waals surface area contributed by atoms with E-state index in [0.717, 1.165) is 5.56 Å². The maximum absolute atomic E-state index is 13.2. The van der Waals surface area contributed by atoms with Crippen molar-refractivity contribution in [2.45, 2.75) is 6.92 Å². The Hall–Kier alpha value is -2.27. The Labute approximate surface area is 106 Å². The smallest absolute Gasteiger partial charge is 0.149 e. The highest BCUT2D eigenvalue weighted by molar-refractivity contribution is 5.34. The van der Waals surface area contributed by atoms with Crippen LogP contribution in [0.2, 0.25) is 0 Å². The van der Waals surface area contributed by atoms with Crippen LogP contribution in [-0.4, -0.2) is 6.61 Å². The first kappa shape index (κ1) is 12.2. The van der Waals surface area contributed by atoms with Crippen molar-refractivity contribution in [2.24, 2.45) is 0 Å². The normalized spacial score (nSPS) is 9.44. The van der Waals surface area contributed by atoms with Crippen LogP contribution in [0.25, 0.3) is 0 Å². The predicted octanol–water partition coefficient (Wildman–Crippen LogP) is 3.56. The van der Waals surface area contributed by atoms with Gasteiger partial charge in [0.2, 0.25) is 0 Å². The van der Waals surface area contributed by atoms with Crippen LogP contribution in [0.1, 0.15) is 11.1 Å². The van der Waals surface area contributed by atoms with Crippen molar-refractivity contribution >= 4 is 0 Å². The molecule has 0 saturated carbocycles. The number of rotatable bonds is 2. The molecule has 90 valence electrons. The van der Waals surface area contributed by atoms with Crippen molar-refractivity contribution in [1.29, 1.82) is 0 Å². The highest BCUT2D eigenvalue weighted by Crippen LogP contribution is 2.15. The van der Waals surface area contributed by atoms with Crippen molar-refractivity contribution in [2.75, 3.05) is 6.61 Å². The van der Waals surface area contributed by atoms with E-state index >= 15 is 0 Å². The van der Waals surface area contributed by atoms with Crippen LogP contribution < -0.4 is 4.74 Å². The SMILES string of the molecule is Cc1ccc(OCC#Cc2ccccc2)cc1F. The van der Waals surface area contributed by atoms with E-state index < -0.39 is 0 Å². The Morgan fingerprint density at radius 3 is 2.61 bits per heavy atom. The molecular weight excluding hydrogens is 227 g/mol. The molecule has 0 saturated heterocycles. The summed E-state index contributed by atoms with van der Waals surface area (Å²) in [5.74, 6) is 6.10. The fourth-order valence-corrected chi connectivity index (χ4v) is 1.44. The molecular formula is C16H13FO. The van der Waals surface area contributed by atoms with E-state index in [4.69, 9.17) is 4.74 Å². The number of benzene rings is 2. The van der Waals surface area contributed by atoms with Gasteiger partial charge >= 0.3 is 0 Å². The maximum atomic E-state index is 13.2. The molecule has 2 rings (SSSR count). The first-order chi connectivity index (χ1) is 8.75. The van der Waals surface area contributed by atoms with Gasteiger partial charge in [-0.3, -0.25) is 0 Å². The van der Waals surface area contributed by atoms with Crippen LogP contribution in [-0.2, 0) is 0 Å². The van der Waals surface area contributed by atoms with Crippen LogP contribution in [0.5, 0.6) is 5.75 Å². The lowest BCUT2D eigenvalue weighted by atomic mass is 10.2. The number of hydrogen-bond donors (Lipinski definition) is 0. The molecule has 0 bridgehead atoms. The van der Waals surface area contributed by atoms with Crippen LogP contribution >= 0.6 is 0 Å². The summed E-state index contributed by atoms with van der Waals surface area (Å²) in [5.41, 5.74) is 1.55. The molecule has 1 nitrogen and oxygen atoms in total. The van der Waals surface area contributed by atoms with Gasteiger partial charge in [0.25, 0.3) is 0 Å². The van der Waals surface area contributed by atoms with Crippen LogP contribution in [0.15, 0.2) is 48.5 Å². The highest BCUT2D eigenvalue weighted by Gasteiger charge is 1.98. The zero-order valence-electron chi connectivity index (χ0n) is 10.1. The second kappa shape index (κ2) is 5.88. The lowest BCUT2D eigenvalue weighted by Gasteiger charge is -2.02. The first-order valence-corrected chi connectivity index (χ1v) is 5.68. The number of ether oxygens (including phenoxy) is 1. The fraction of sp³-hybridized carbons (Fsp3) is 0.125. The molecule has 2 heteroatoms. The van der Waals surface area contributed by atoms with Gasteiger partial charge in [0.15, 0.2) is 0 Å². The minimum atomic E-state index is -0.261. The summed E-state index contributed by atoms with van der Waals surface area (Å²) in [6.45, 7) is 1.96. The average Bonchev–Trinajstić information content (AvgIpc) is 2.40. The molecule has 0 spiro atoms. The third kappa shape index (κ3) is 3.36. The first-order valence-electron chi connectivity index (χ1n) is 5.68. The van der Waals surface area contributed by atoms with Crippen molar-refractivity contribution in [3.63, 3.8) is 0 Å². The molecule has 0 unspecified atom stereocenters. The largest absolute Gasteiger partial charge is 0.481 e. The molecule has 0 aromatic heterocycles. The molecule has 0 aliphatic heterocycles. The quantitative estimate of drug-likeness (QED) is 0.729. The van der Waals surface area contributed by atoms with E-state index in [2.05, 4.69) is 11.8 Å². The standard InChI is InChI=1S/C16H13FO/c1-13-9-10-15(12-16(13)17)18-11-5-8-14-6-3-2-4-7-14/h2-4,6-7,9-10,12H,11H2,1H3. The van der Waals surface area contributed by atoms with Gasteiger partial charge in [0.1, 0.15) is 18.2 Å². The Morgan fingerprint density at radius 1 is 1.11 bits per heavy atom. The molecule has 2 aromatic rings. The van der Waals surface area contributed by atoms with Crippen molar-refractivity contribution < 1.29 is 9.13 Å². The lowest BCUT2D eigenvalue weighted by molar-refractivity contribution is 0.367. The van der Waals surface area contributed by atoms with Gasteiger partial charge in [0.05, 0.1) is 0 Å². The molecule has 0 radical (unpaired) electrons. The summed E-state index contributed by atoms with van der Waals surface area (Å²) in [6, 6.07) is 14.5. The molecule has 18 heavy (non-hydrogen) atoms. The van der Waals surface area contributed by atoms with Crippen molar-refractivity contribution in [1.82, 2.24) is 0 Å². The summed E-state index contributed by atoms with van der Waals surface area (Å²) in [7, 11) is 0. The Balaban J connectivity index is 1.93. The molecule has 0 aliphatic carbocycles. The molecule has 2 aromatic carbocycles. The van der Waals surface area contributed by atoms with Crippen LogP contribution in [0.3, 0.4) is 0 Å². The molecule has 0 N–H and O–H groups in total. The van der Waals surface area contributed by atoms with E-state index in [0.29, 0.717) is 11.3 Å². The third-order valence-corrected chi connectivity index (χ3v) is 2.46. The van der Waals surface area contributed by atoms with Gasteiger partial charge in [-0.25, -0.2) is 4.39 Å². The third-order valence-electron chi connectivity index (χ3n) is 2.46. The summed E-state index contributed by atoms with van der Waals surface area (Å²) in [4.78, 5) is 0. The van der Waals surface area contributed by atoms with Crippen LogP contribution in [0.4, 0.5) is 4.39 Å². The summed E-state index contributed by atoms with van der Waals surface area (Å²) in [5, 5.41) is 0. The minimum Gasteiger partial charge on any atom is -0.481 e. The molecule has 0 fully saturated rings. The molecule has 0 atom stereocenters. The number of aryl methyl sites for hydroxylation is 1. The van der Waals surface area contributed by atoms with Gasteiger partial charge in [-0.1, -0.05) is 36.1 Å². The topological polar surface area (TPSA) is 9.23 Å². The van der Waals surface area contributed by atoms with E-state index in [1.165, 1.54) is 6.07 Å². The van der Waals surface area contributed by atoms with E-state index in [-0.39, 0.29) is 12.4 Å². The van der Waals surface area contributed by atoms with Crippen LogP contribution in [0, 0.1) is 24.6 Å². The van der Waals surface area contributed by atoms with E-state index in [9.17, 15) is 4.39 Å². The fourth-order valence-electron chi connectivity index (χ4n) is 1.44. The summed E-state index contributed by atoms with van der Waals surface area (Å²) >= 11 is 0. The van der Waals surface area contributed by atoms with Gasteiger partial charge in [-0.15, -0.1) is 0 Å². The Bertz CT molecular complexity index is 579. The predicted molar refractivity (Wildman–Crippen MR) is 70.0 cm³/mol. The summed E-state index contributed by atoms with van der Waals surface area (Å²) < 4.78 is 18.6. The van der Waals surface area contributed by atoms with Gasteiger partial charge in [-0.05, 0) is 30.7 Å². The zero-order chi connectivity index (χ0) is 12.8. The van der Waals surface area contributed by atoms with Gasteiger partial charge in [0, 0.05) is 11.6 Å². The van der Waals surface area contributed by atoms with Crippen molar-refractivity contribution in [3.8, 4) is 17.6 Å². The molecule has 0 heterocycles. The zero-order valence-corrected chi connectivity index (χ0v) is 10.1. The van der Waals surface area contributed by atoms with Gasteiger partial charge < -0.3 is 4.74 Å². The maximum Gasteiger partial charge on any atom is 0.149 e. The average molecular weight is 240 g/mol. The van der Waals surface area contributed by atoms with Crippen molar-refractivity contribution in [3.05, 3.63) is 65.5 Å². The molecule has 0 aliphatic rings. The number of hydrogen-bond acceptors (Lipinski definition) is 1. The monoisotopic (exact) mass is 240 g/mol. The Morgan fingerprint density at radius 2 is 1.89 bits per heavy atom. The second-order valence-corrected chi connectivity index (χ2v) is 3.87. The Kier molecular flexibility index (Phi) is 3.98. The second-order valence-electron chi connectivity index (χ2n) is 3.87. The number of halogens is 1. The minimum absolute atomic E-state index is 0.247. The van der Waals surface area contributed by atoms with Gasteiger partial charge in [-0.2, -0.15) is 0 Å². The highest BCUT2D eigenvalue weighted by atomic mass is 19.1. The summed E-state index contributed by atoms with van der Waals surface area (Å²) in [6.07, 6.45) is 0.